The quantitative estimate of drug-likeness (QED) is 0.814. The number of carbonyl (C=O) groups is 1. The van der Waals surface area contributed by atoms with Crippen molar-refractivity contribution in [3.8, 4) is 0 Å². The Morgan fingerprint density at radius 2 is 2.18 bits per heavy atom. The normalized spacial score (nSPS) is 11.5. The van der Waals surface area contributed by atoms with E-state index in [1.807, 2.05) is 13.0 Å². The van der Waals surface area contributed by atoms with Gasteiger partial charge in [0.2, 0.25) is 5.91 Å². The highest BCUT2D eigenvalue weighted by Crippen LogP contribution is 2.01. The fourth-order valence-corrected chi connectivity index (χ4v) is 1.32. The van der Waals surface area contributed by atoms with E-state index >= 15 is 0 Å². The van der Waals surface area contributed by atoms with Gasteiger partial charge in [-0.05, 0) is 27.7 Å². The third-order valence-corrected chi connectivity index (χ3v) is 2.14. The van der Waals surface area contributed by atoms with E-state index in [0.717, 1.165) is 5.69 Å². The van der Waals surface area contributed by atoms with E-state index in [0.29, 0.717) is 25.3 Å². The summed E-state index contributed by atoms with van der Waals surface area (Å²) in [6, 6.07) is 1.81. The molecule has 17 heavy (non-hydrogen) atoms. The molecule has 1 rings (SSSR count). The van der Waals surface area contributed by atoms with Crippen molar-refractivity contribution in [1.29, 1.82) is 0 Å². The average molecular weight is 239 g/mol. The molecule has 5 nitrogen and oxygen atoms in total. The Kier molecular flexibility index (Phi) is 4.69. The minimum absolute atomic E-state index is 0.0100. The molecule has 0 radical (unpaired) electrons. The number of carbonyl (C=O) groups excluding carboxylic acids is 1. The monoisotopic (exact) mass is 239 g/mol. The molecule has 1 amide bonds. The van der Waals surface area contributed by atoms with E-state index < -0.39 is 0 Å². The number of rotatable bonds is 5. The van der Waals surface area contributed by atoms with Crippen LogP contribution >= 0.6 is 0 Å². The maximum atomic E-state index is 11.5. The Balaban J connectivity index is 2.18. The van der Waals surface area contributed by atoms with Gasteiger partial charge in [-0.2, -0.15) is 0 Å². The van der Waals surface area contributed by atoms with Crippen molar-refractivity contribution in [3.63, 3.8) is 0 Å². The second kappa shape index (κ2) is 5.82. The molecular weight excluding hydrogens is 218 g/mol. The molecular formula is C12H21N3O2. The number of nitrogens with zero attached hydrogens (tertiary/aromatic N) is 1. The molecule has 0 saturated heterocycles. The number of hydrogen-bond donors (Lipinski definition) is 2. The van der Waals surface area contributed by atoms with Crippen LogP contribution in [0, 0.1) is 6.92 Å². The highest BCUT2D eigenvalue weighted by Gasteiger charge is 2.09. The van der Waals surface area contributed by atoms with Crippen LogP contribution in [0.15, 0.2) is 10.6 Å². The first kappa shape index (κ1) is 13.7. The molecule has 0 aliphatic rings. The summed E-state index contributed by atoms with van der Waals surface area (Å²) in [6.45, 7) is 9.13. The van der Waals surface area contributed by atoms with Crippen LogP contribution in [-0.4, -0.2) is 23.1 Å². The first-order valence-corrected chi connectivity index (χ1v) is 5.81. The van der Waals surface area contributed by atoms with Crippen molar-refractivity contribution in [3.05, 3.63) is 17.5 Å². The van der Waals surface area contributed by atoms with E-state index in [9.17, 15) is 4.79 Å². The number of hydrogen-bond acceptors (Lipinski definition) is 4. The molecule has 0 unspecified atom stereocenters. The average Bonchev–Trinajstić information content (AvgIpc) is 2.59. The summed E-state index contributed by atoms with van der Waals surface area (Å²) < 4.78 is 4.99. The lowest BCUT2D eigenvalue weighted by molar-refractivity contribution is -0.121. The predicted molar refractivity (Wildman–Crippen MR) is 65.5 cm³/mol. The van der Waals surface area contributed by atoms with Crippen molar-refractivity contribution in [2.45, 2.75) is 46.2 Å². The summed E-state index contributed by atoms with van der Waals surface area (Å²) in [6.07, 6.45) is 0.463. The zero-order valence-electron chi connectivity index (χ0n) is 11.0. The van der Waals surface area contributed by atoms with Crippen LogP contribution in [-0.2, 0) is 11.3 Å². The molecule has 1 aromatic rings. The topological polar surface area (TPSA) is 67.2 Å². The van der Waals surface area contributed by atoms with Crippen LogP contribution in [0.5, 0.6) is 0 Å². The molecule has 0 bridgehead atoms. The molecule has 0 fully saturated rings. The Labute approximate surface area is 102 Å². The second-order valence-corrected chi connectivity index (χ2v) is 5.14. The SMILES string of the molecule is Cc1cc(CNC(=O)CCNC(C)(C)C)on1. The highest BCUT2D eigenvalue weighted by atomic mass is 16.5. The van der Waals surface area contributed by atoms with Gasteiger partial charge in [-0.25, -0.2) is 0 Å². The summed E-state index contributed by atoms with van der Waals surface area (Å²) >= 11 is 0. The van der Waals surface area contributed by atoms with E-state index in [4.69, 9.17) is 4.52 Å². The molecule has 5 heteroatoms. The zero-order valence-corrected chi connectivity index (χ0v) is 11.0. The van der Waals surface area contributed by atoms with Gasteiger partial charge in [-0.1, -0.05) is 5.16 Å². The summed E-state index contributed by atoms with van der Waals surface area (Å²) in [5.41, 5.74) is 0.867. The lowest BCUT2D eigenvalue weighted by Crippen LogP contribution is -2.38. The Morgan fingerprint density at radius 1 is 1.47 bits per heavy atom. The van der Waals surface area contributed by atoms with Gasteiger partial charge in [0.05, 0.1) is 12.2 Å². The van der Waals surface area contributed by atoms with E-state index in [2.05, 4.69) is 36.6 Å². The Morgan fingerprint density at radius 3 is 2.71 bits per heavy atom. The summed E-state index contributed by atoms with van der Waals surface area (Å²) in [5, 5.41) is 9.79. The highest BCUT2D eigenvalue weighted by molar-refractivity contribution is 5.75. The molecule has 0 spiro atoms. The van der Waals surface area contributed by atoms with Crippen molar-refractivity contribution in [1.82, 2.24) is 15.8 Å². The molecule has 2 N–H and O–H groups in total. The first-order chi connectivity index (χ1) is 7.87. The van der Waals surface area contributed by atoms with Gasteiger partial charge in [0.25, 0.3) is 0 Å². The lowest BCUT2D eigenvalue weighted by atomic mass is 10.1. The van der Waals surface area contributed by atoms with Crippen molar-refractivity contribution < 1.29 is 9.32 Å². The first-order valence-electron chi connectivity index (χ1n) is 5.81. The van der Waals surface area contributed by atoms with Crippen LogP contribution in [0.1, 0.15) is 38.6 Å². The standard InChI is InChI=1S/C12H21N3O2/c1-9-7-10(17-15-9)8-13-11(16)5-6-14-12(2,3)4/h7,14H,5-6,8H2,1-4H3,(H,13,16). The molecule has 1 aromatic heterocycles. The maximum absolute atomic E-state index is 11.5. The predicted octanol–water partition coefficient (Wildman–Crippen LogP) is 1.38. The van der Waals surface area contributed by atoms with Crippen LogP contribution in [0.2, 0.25) is 0 Å². The van der Waals surface area contributed by atoms with Gasteiger partial charge >= 0.3 is 0 Å². The van der Waals surface area contributed by atoms with Crippen molar-refractivity contribution in [2.24, 2.45) is 0 Å². The third kappa shape index (κ3) is 6.06. The third-order valence-electron chi connectivity index (χ3n) is 2.14. The fourth-order valence-electron chi connectivity index (χ4n) is 1.32. The molecule has 0 aliphatic heterocycles. The largest absolute Gasteiger partial charge is 0.359 e. The molecule has 0 atom stereocenters. The minimum Gasteiger partial charge on any atom is -0.359 e. The second-order valence-electron chi connectivity index (χ2n) is 5.14. The van der Waals surface area contributed by atoms with E-state index in [1.165, 1.54) is 0 Å². The number of nitrogens with one attached hydrogen (secondary N) is 2. The molecule has 96 valence electrons. The number of amides is 1. The Hall–Kier alpha value is -1.36. The summed E-state index contributed by atoms with van der Waals surface area (Å²) in [7, 11) is 0. The molecule has 0 aromatic carbocycles. The summed E-state index contributed by atoms with van der Waals surface area (Å²) in [5.74, 6) is 0.690. The van der Waals surface area contributed by atoms with Gasteiger partial charge in [0.1, 0.15) is 0 Å². The fraction of sp³-hybridized carbons (Fsp3) is 0.667. The van der Waals surface area contributed by atoms with Gasteiger partial charge in [-0.15, -0.1) is 0 Å². The van der Waals surface area contributed by atoms with Crippen molar-refractivity contribution >= 4 is 5.91 Å². The van der Waals surface area contributed by atoms with Gasteiger partial charge in [0.15, 0.2) is 5.76 Å². The number of aromatic nitrogens is 1. The van der Waals surface area contributed by atoms with E-state index in [1.54, 1.807) is 0 Å². The molecule has 1 heterocycles. The van der Waals surface area contributed by atoms with Gasteiger partial charge in [0, 0.05) is 24.6 Å². The maximum Gasteiger partial charge on any atom is 0.221 e. The smallest absolute Gasteiger partial charge is 0.221 e. The van der Waals surface area contributed by atoms with Crippen molar-refractivity contribution in [2.75, 3.05) is 6.54 Å². The molecule has 0 aliphatic carbocycles. The Bertz CT molecular complexity index is 366. The van der Waals surface area contributed by atoms with Crippen LogP contribution in [0.3, 0.4) is 0 Å². The molecule has 0 saturated carbocycles. The zero-order chi connectivity index (χ0) is 12.9. The summed E-state index contributed by atoms with van der Waals surface area (Å²) in [4.78, 5) is 11.5. The minimum atomic E-state index is 0.0100. The van der Waals surface area contributed by atoms with Crippen LogP contribution < -0.4 is 10.6 Å². The van der Waals surface area contributed by atoms with E-state index in [-0.39, 0.29) is 11.4 Å². The van der Waals surface area contributed by atoms with Gasteiger partial charge < -0.3 is 15.2 Å². The number of aryl methyl sites for hydroxylation is 1. The van der Waals surface area contributed by atoms with Crippen LogP contribution in [0.4, 0.5) is 0 Å². The van der Waals surface area contributed by atoms with Gasteiger partial charge in [-0.3, -0.25) is 4.79 Å². The lowest BCUT2D eigenvalue weighted by Gasteiger charge is -2.20. The van der Waals surface area contributed by atoms with Crippen LogP contribution in [0.25, 0.3) is 0 Å².